The van der Waals surface area contributed by atoms with Crippen molar-refractivity contribution in [3.8, 4) is 0 Å². The van der Waals surface area contributed by atoms with Crippen molar-refractivity contribution in [1.82, 2.24) is 10.6 Å². The molecule has 2 atom stereocenters. The van der Waals surface area contributed by atoms with E-state index >= 15 is 0 Å². The van der Waals surface area contributed by atoms with Crippen molar-refractivity contribution in [3.63, 3.8) is 0 Å². The predicted octanol–water partition coefficient (Wildman–Crippen LogP) is 11.4. The highest BCUT2D eigenvalue weighted by molar-refractivity contribution is 5.87. The third kappa shape index (κ3) is 38.2. The lowest BCUT2D eigenvalue weighted by atomic mass is 10.0. The molecular weight excluding hydrogens is 693 g/mol. The minimum atomic E-state index is -1.39. The van der Waals surface area contributed by atoms with Crippen molar-refractivity contribution in [2.75, 3.05) is 13.2 Å². The molecular formula is C46H86N2O7. The summed E-state index contributed by atoms with van der Waals surface area (Å²) in [5, 5.41) is 22.6. The number of rotatable bonds is 42. The number of nitrogens with one attached hydrogen (secondary N) is 2. The number of aliphatic hydroxyl groups is 1. The van der Waals surface area contributed by atoms with Crippen LogP contribution >= 0.6 is 0 Å². The second kappa shape index (κ2) is 41.2. The zero-order chi connectivity index (χ0) is 40.5. The molecule has 0 radical (unpaired) electrons. The Labute approximate surface area is 337 Å². The number of carbonyl (C=O) groups excluding carboxylic acids is 3. The second-order valence-electron chi connectivity index (χ2n) is 15.9. The average molecular weight is 779 g/mol. The van der Waals surface area contributed by atoms with Crippen LogP contribution in [0.25, 0.3) is 0 Å². The van der Waals surface area contributed by atoms with Gasteiger partial charge in [-0.1, -0.05) is 187 Å². The first-order chi connectivity index (χ1) is 26.8. The van der Waals surface area contributed by atoms with Crippen LogP contribution in [0.3, 0.4) is 0 Å². The van der Waals surface area contributed by atoms with Gasteiger partial charge in [-0.3, -0.25) is 14.4 Å². The Hall–Kier alpha value is -2.42. The molecule has 0 aliphatic rings. The number of esters is 1. The van der Waals surface area contributed by atoms with Crippen LogP contribution in [0.15, 0.2) is 12.2 Å². The smallest absolute Gasteiger partial charge is 0.328 e. The summed E-state index contributed by atoms with van der Waals surface area (Å²) in [6, 6.07) is -1.39. The van der Waals surface area contributed by atoms with E-state index in [2.05, 4.69) is 36.6 Å². The van der Waals surface area contributed by atoms with E-state index in [0.717, 1.165) is 51.4 Å². The molecule has 0 aliphatic carbocycles. The van der Waals surface area contributed by atoms with E-state index in [1.807, 2.05) is 0 Å². The van der Waals surface area contributed by atoms with Crippen LogP contribution < -0.4 is 10.6 Å². The molecule has 2 unspecified atom stereocenters. The molecule has 4 N–H and O–H groups in total. The number of hydrogen-bond acceptors (Lipinski definition) is 6. The minimum Gasteiger partial charge on any atom is -0.480 e. The maximum absolute atomic E-state index is 12.8. The van der Waals surface area contributed by atoms with E-state index in [9.17, 15) is 19.2 Å². The van der Waals surface area contributed by atoms with Crippen LogP contribution in [-0.2, 0) is 23.9 Å². The Balaban J connectivity index is 4.18. The summed E-state index contributed by atoms with van der Waals surface area (Å²) < 4.78 is 5.93. The van der Waals surface area contributed by atoms with Crippen LogP contribution in [0.4, 0.5) is 0 Å². The Kier molecular flexibility index (Phi) is 39.4. The van der Waals surface area contributed by atoms with Gasteiger partial charge in [0.15, 0.2) is 0 Å². The number of carboxylic acids is 1. The van der Waals surface area contributed by atoms with Gasteiger partial charge in [-0.25, -0.2) is 4.79 Å². The molecule has 0 spiro atoms. The van der Waals surface area contributed by atoms with E-state index in [1.54, 1.807) is 0 Å². The number of aliphatic carboxylic acids is 1. The highest BCUT2D eigenvalue weighted by atomic mass is 16.5. The quantitative estimate of drug-likeness (QED) is 0.0274. The van der Waals surface area contributed by atoms with Crippen molar-refractivity contribution >= 4 is 23.8 Å². The zero-order valence-corrected chi connectivity index (χ0v) is 35.7. The molecule has 0 bridgehead atoms. The number of ether oxygens (including phenoxy) is 1. The molecule has 2 amide bonds. The van der Waals surface area contributed by atoms with Gasteiger partial charge in [0, 0.05) is 12.8 Å². The summed E-state index contributed by atoms with van der Waals surface area (Å²) in [5.74, 6) is -2.38. The Morgan fingerprint density at radius 2 is 0.964 bits per heavy atom. The molecule has 322 valence electrons. The van der Waals surface area contributed by atoms with Crippen LogP contribution in [0.1, 0.15) is 232 Å². The van der Waals surface area contributed by atoms with Gasteiger partial charge in [-0.15, -0.1) is 0 Å². The zero-order valence-electron chi connectivity index (χ0n) is 35.7. The lowest BCUT2D eigenvalue weighted by Gasteiger charge is -2.15. The molecule has 9 heteroatoms. The molecule has 0 fully saturated rings. The lowest BCUT2D eigenvalue weighted by Crippen LogP contribution is -2.47. The van der Waals surface area contributed by atoms with Crippen LogP contribution in [-0.4, -0.2) is 59.3 Å². The maximum atomic E-state index is 12.8. The van der Waals surface area contributed by atoms with Gasteiger partial charge in [-0.2, -0.15) is 0 Å². The highest BCUT2D eigenvalue weighted by Gasteiger charge is 2.18. The standard InChI is InChI=1S/C46H86N2O7/c1-3-5-7-9-11-13-14-15-16-17-18-19-20-21-22-24-26-28-34-38-45(52)55-41(35-31-27-25-23-12-10-8-6-4-2)36-32-29-30-33-37-43(50)47-39-44(51)48-42(40-49)46(53)54/h31,35,41-42,49H,3-30,32-34,36-40H2,1-2H3,(H,47,50)(H,48,51)(H,53,54)/b35-31-. The van der Waals surface area contributed by atoms with Gasteiger partial charge in [0.2, 0.25) is 11.8 Å². The summed E-state index contributed by atoms with van der Waals surface area (Å²) in [4.78, 5) is 47.6. The summed E-state index contributed by atoms with van der Waals surface area (Å²) in [5.41, 5.74) is 0. The third-order valence-electron chi connectivity index (χ3n) is 10.5. The largest absolute Gasteiger partial charge is 0.480 e. The highest BCUT2D eigenvalue weighted by Crippen LogP contribution is 2.17. The van der Waals surface area contributed by atoms with E-state index in [-0.39, 0.29) is 30.9 Å². The SMILES string of the molecule is CCCCCCCCC/C=C\C(CCCCCCC(=O)NCC(=O)NC(CO)C(=O)O)OC(=O)CCCCCCCCCCCCCCCCCCCCC. The van der Waals surface area contributed by atoms with Gasteiger partial charge in [-0.05, 0) is 44.6 Å². The Morgan fingerprint density at radius 1 is 0.545 bits per heavy atom. The first-order valence-corrected chi connectivity index (χ1v) is 23.1. The van der Waals surface area contributed by atoms with Gasteiger partial charge >= 0.3 is 11.9 Å². The summed E-state index contributed by atoms with van der Waals surface area (Å²) in [6.07, 6.45) is 44.0. The number of carboxylic acid groups (broad SMARTS) is 1. The van der Waals surface area contributed by atoms with Crippen molar-refractivity contribution in [2.45, 2.75) is 244 Å². The molecule has 0 saturated heterocycles. The molecule has 0 aromatic carbocycles. The van der Waals surface area contributed by atoms with Crippen molar-refractivity contribution in [2.24, 2.45) is 0 Å². The molecule has 0 heterocycles. The molecule has 0 saturated carbocycles. The number of carbonyl (C=O) groups is 4. The number of unbranched alkanes of at least 4 members (excludes halogenated alkanes) is 28. The van der Waals surface area contributed by atoms with Crippen molar-refractivity contribution < 1.29 is 34.1 Å². The first kappa shape index (κ1) is 52.6. The van der Waals surface area contributed by atoms with Crippen molar-refractivity contribution in [3.05, 3.63) is 12.2 Å². The number of allylic oxidation sites excluding steroid dienone is 1. The lowest BCUT2D eigenvalue weighted by molar-refractivity contribution is -0.147. The Bertz CT molecular complexity index is 941. The normalized spacial score (nSPS) is 12.5. The Morgan fingerprint density at radius 3 is 1.42 bits per heavy atom. The predicted molar refractivity (Wildman–Crippen MR) is 227 cm³/mol. The van der Waals surface area contributed by atoms with Crippen LogP contribution in [0.5, 0.6) is 0 Å². The molecule has 9 nitrogen and oxygen atoms in total. The third-order valence-corrected chi connectivity index (χ3v) is 10.5. The number of aliphatic hydroxyl groups excluding tert-OH is 1. The minimum absolute atomic E-state index is 0.105. The van der Waals surface area contributed by atoms with Gasteiger partial charge < -0.3 is 25.6 Å². The van der Waals surface area contributed by atoms with Gasteiger partial charge in [0.1, 0.15) is 12.1 Å². The monoisotopic (exact) mass is 779 g/mol. The van der Waals surface area contributed by atoms with E-state index in [1.165, 1.54) is 148 Å². The summed E-state index contributed by atoms with van der Waals surface area (Å²) in [7, 11) is 0. The topological polar surface area (TPSA) is 142 Å². The average Bonchev–Trinajstić information content (AvgIpc) is 3.17. The van der Waals surface area contributed by atoms with Gasteiger partial charge in [0.05, 0.1) is 13.2 Å². The van der Waals surface area contributed by atoms with Gasteiger partial charge in [0.25, 0.3) is 0 Å². The summed E-state index contributed by atoms with van der Waals surface area (Å²) >= 11 is 0. The number of hydrogen-bond donors (Lipinski definition) is 4. The molecule has 0 rings (SSSR count). The maximum Gasteiger partial charge on any atom is 0.328 e. The fourth-order valence-electron chi connectivity index (χ4n) is 6.92. The van der Waals surface area contributed by atoms with E-state index < -0.39 is 24.5 Å². The second-order valence-corrected chi connectivity index (χ2v) is 15.9. The van der Waals surface area contributed by atoms with Crippen LogP contribution in [0.2, 0.25) is 0 Å². The van der Waals surface area contributed by atoms with E-state index in [4.69, 9.17) is 14.9 Å². The van der Waals surface area contributed by atoms with Crippen molar-refractivity contribution in [1.29, 1.82) is 0 Å². The van der Waals surface area contributed by atoms with E-state index in [0.29, 0.717) is 12.8 Å². The molecule has 0 aromatic heterocycles. The molecule has 0 aromatic rings. The molecule has 0 aliphatic heterocycles. The molecule has 55 heavy (non-hydrogen) atoms. The number of amides is 2. The fraction of sp³-hybridized carbons (Fsp3) is 0.870. The summed E-state index contributed by atoms with van der Waals surface area (Å²) in [6.45, 7) is 3.47. The first-order valence-electron chi connectivity index (χ1n) is 23.1. The fourth-order valence-corrected chi connectivity index (χ4v) is 6.92. The van der Waals surface area contributed by atoms with Crippen LogP contribution in [0, 0.1) is 0 Å².